The molecular formula is C13H11N5. The average Bonchev–Trinajstić information content (AvgIpc) is 2.89. The van der Waals surface area contributed by atoms with Gasteiger partial charge in [-0.25, -0.2) is 9.97 Å². The maximum Gasteiger partial charge on any atom is 0.159 e. The van der Waals surface area contributed by atoms with E-state index in [0.29, 0.717) is 5.82 Å². The molecule has 0 amide bonds. The summed E-state index contributed by atoms with van der Waals surface area (Å²) in [6.07, 6.45) is 5.07. The molecule has 0 aliphatic carbocycles. The molecule has 2 heterocycles. The molecule has 0 unspecified atom stereocenters. The van der Waals surface area contributed by atoms with E-state index < -0.39 is 0 Å². The molecule has 0 saturated carbocycles. The van der Waals surface area contributed by atoms with Gasteiger partial charge in [0.05, 0.1) is 11.6 Å². The van der Waals surface area contributed by atoms with Crippen molar-refractivity contribution in [1.82, 2.24) is 15.0 Å². The maximum atomic E-state index is 4.16. The van der Waals surface area contributed by atoms with Crippen LogP contribution in [0.2, 0.25) is 0 Å². The summed E-state index contributed by atoms with van der Waals surface area (Å²) < 4.78 is 0. The van der Waals surface area contributed by atoms with Gasteiger partial charge in [-0.2, -0.15) is 5.10 Å². The Morgan fingerprint density at radius 2 is 2.00 bits per heavy atom. The number of nitrogens with one attached hydrogen (secondary N) is 2. The van der Waals surface area contributed by atoms with Crippen molar-refractivity contribution < 1.29 is 0 Å². The fourth-order valence-corrected chi connectivity index (χ4v) is 1.67. The van der Waals surface area contributed by atoms with E-state index in [-0.39, 0.29) is 0 Å². The summed E-state index contributed by atoms with van der Waals surface area (Å²) in [6.45, 7) is 0. The summed E-state index contributed by atoms with van der Waals surface area (Å²) >= 11 is 0. The van der Waals surface area contributed by atoms with Gasteiger partial charge < -0.3 is 4.98 Å². The lowest BCUT2D eigenvalue weighted by molar-refractivity contribution is 1.17. The van der Waals surface area contributed by atoms with Crippen LogP contribution < -0.4 is 5.43 Å². The van der Waals surface area contributed by atoms with Crippen LogP contribution in [0.15, 0.2) is 54.0 Å². The van der Waals surface area contributed by atoms with Gasteiger partial charge >= 0.3 is 0 Å². The summed E-state index contributed by atoms with van der Waals surface area (Å²) in [5.41, 5.74) is 4.75. The molecule has 0 aliphatic rings. The minimum absolute atomic E-state index is 0.688. The highest BCUT2D eigenvalue weighted by Crippen LogP contribution is 2.16. The fraction of sp³-hybridized carbons (Fsp3) is 0. The molecule has 1 aromatic carbocycles. The number of aromatic amines is 1. The van der Waals surface area contributed by atoms with Crippen LogP contribution in [0.5, 0.6) is 0 Å². The minimum atomic E-state index is 0.688. The van der Waals surface area contributed by atoms with Gasteiger partial charge in [0.1, 0.15) is 12.0 Å². The molecule has 0 atom stereocenters. The third-order valence-electron chi connectivity index (χ3n) is 2.54. The minimum Gasteiger partial charge on any atom is -0.346 e. The van der Waals surface area contributed by atoms with E-state index in [1.54, 1.807) is 6.21 Å². The first-order valence-electron chi connectivity index (χ1n) is 5.56. The first-order chi connectivity index (χ1) is 8.93. The van der Waals surface area contributed by atoms with Gasteiger partial charge in [0.15, 0.2) is 5.82 Å². The molecule has 0 spiro atoms. The molecule has 2 aromatic heterocycles. The predicted octanol–water partition coefficient (Wildman–Crippen LogP) is 2.40. The van der Waals surface area contributed by atoms with Crippen molar-refractivity contribution in [2.75, 3.05) is 5.43 Å². The van der Waals surface area contributed by atoms with Gasteiger partial charge in [-0.1, -0.05) is 30.3 Å². The number of benzene rings is 1. The lowest BCUT2D eigenvalue weighted by Crippen LogP contribution is -1.94. The number of rotatable bonds is 3. The van der Waals surface area contributed by atoms with Crippen molar-refractivity contribution in [1.29, 1.82) is 0 Å². The van der Waals surface area contributed by atoms with E-state index in [1.165, 1.54) is 6.33 Å². The highest BCUT2D eigenvalue weighted by molar-refractivity contribution is 5.87. The largest absolute Gasteiger partial charge is 0.346 e. The first-order valence-corrected chi connectivity index (χ1v) is 5.56. The zero-order chi connectivity index (χ0) is 12.2. The van der Waals surface area contributed by atoms with E-state index in [0.717, 1.165) is 16.6 Å². The van der Waals surface area contributed by atoms with Crippen LogP contribution in [-0.2, 0) is 0 Å². The Morgan fingerprint density at radius 3 is 2.89 bits per heavy atom. The van der Waals surface area contributed by atoms with Crippen molar-refractivity contribution in [3.05, 3.63) is 54.5 Å². The molecule has 3 rings (SSSR count). The smallest absolute Gasteiger partial charge is 0.159 e. The van der Waals surface area contributed by atoms with Crippen LogP contribution in [-0.4, -0.2) is 21.2 Å². The van der Waals surface area contributed by atoms with E-state index in [2.05, 4.69) is 25.5 Å². The Bertz CT molecular complexity index is 672. The van der Waals surface area contributed by atoms with Gasteiger partial charge in [0.25, 0.3) is 0 Å². The number of aromatic nitrogens is 3. The van der Waals surface area contributed by atoms with Gasteiger partial charge in [-0.3, -0.25) is 5.43 Å². The fourth-order valence-electron chi connectivity index (χ4n) is 1.67. The number of nitrogens with zero attached hydrogens (tertiary/aromatic N) is 3. The Balaban J connectivity index is 1.81. The maximum absolute atomic E-state index is 4.16. The second kappa shape index (κ2) is 4.67. The standard InChI is InChI=1S/C13H11N5/c1-2-4-10(5-3-1)8-17-18-13-11-6-7-14-12(11)15-9-16-13/h1-9H,(H2,14,15,16,18)/b17-8+. The van der Waals surface area contributed by atoms with Crippen molar-refractivity contribution in [3.63, 3.8) is 0 Å². The van der Waals surface area contributed by atoms with E-state index in [1.807, 2.05) is 42.6 Å². The van der Waals surface area contributed by atoms with E-state index in [4.69, 9.17) is 0 Å². The molecule has 0 fully saturated rings. The first kappa shape index (κ1) is 10.5. The van der Waals surface area contributed by atoms with E-state index in [9.17, 15) is 0 Å². The average molecular weight is 237 g/mol. The van der Waals surface area contributed by atoms with Crippen LogP contribution in [0.4, 0.5) is 5.82 Å². The highest BCUT2D eigenvalue weighted by Gasteiger charge is 2.01. The number of hydrogen-bond acceptors (Lipinski definition) is 4. The quantitative estimate of drug-likeness (QED) is 0.543. The zero-order valence-electron chi connectivity index (χ0n) is 9.54. The summed E-state index contributed by atoms with van der Waals surface area (Å²) in [7, 11) is 0. The molecule has 5 nitrogen and oxygen atoms in total. The van der Waals surface area contributed by atoms with Crippen LogP contribution in [0.25, 0.3) is 11.0 Å². The number of hydrogen-bond donors (Lipinski definition) is 2. The van der Waals surface area contributed by atoms with Gasteiger partial charge in [0, 0.05) is 6.20 Å². The topological polar surface area (TPSA) is 66.0 Å². The molecule has 0 bridgehead atoms. The summed E-state index contributed by atoms with van der Waals surface area (Å²) in [6, 6.07) is 11.8. The van der Waals surface area contributed by atoms with Crippen molar-refractivity contribution in [2.24, 2.45) is 5.10 Å². The zero-order valence-corrected chi connectivity index (χ0v) is 9.54. The molecule has 88 valence electrons. The van der Waals surface area contributed by atoms with Gasteiger partial charge in [-0.05, 0) is 11.6 Å². The third-order valence-corrected chi connectivity index (χ3v) is 2.54. The number of anilines is 1. The molecule has 0 saturated heterocycles. The lowest BCUT2D eigenvalue weighted by atomic mass is 10.2. The number of H-pyrrole nitrogens is 1. The summed E-state index contributed by atoms with van der Waals surface area (Å²) in [5.74, 6) is 0.688. The van der Waals surface area contributed by atoms with Crippen LogP contribution in [0.3, 0.4) is 0 Å². The molecular weight excluding hydrogens is 226 g/mol. The Hall–Kier alpha value is -2.69. The molecule has 0 radical (unpaired) electrons. The van der Waals surface area contributed by atoms with Crippen molar-refractivity contribution in [3.8, 4) is 0 Å². The number of hydrazone groups is 1. The van der Waals surface area contributed by atoms with Crippen LogP contribution >= 0.6 is 0 Å². The summed E-state index contributed by atoms with van der Waals surface area (Å²) in [5, 5.41) is 5.08. The molecule has 0 aliphatic heterocycles. The Labute approximate surface area is 104 Å². The molecule has 18 heavy (non-hydrogen) atoms. The lowest BCUT2D eigenvalue weighted by Gasteiger charge is -1.99. The van der Waals surface area contributed by atoms with Crippen molar-refractivity contribution in [2.45, 2.75) is 0 Å². The number of fused-ring (bicyclic) bond motifs is 1. The van der Waals surface area contributed by atoms with Crippen molar-refractivity contribution >= 4 is 23.1 Å². The second-order valence-corrected chi connectivity index (χ2v) is 3.74. The predicted molar refractivity (Wildman–Crippen MR) is 71.5 cm³/mol. The Morgan fingerprint density at radius 1 is 1.11 bits per heavy atom. The highest BCUT2D eigenvalue weighted by atomic mass is 15.3. The Kier molecular flexibility index (Phi) is 2.71. The van der Waals surface area contributed by atoms with Gasteiger partial charge in [-0.15, -0.1) is 0 Å². The summed E-state index contributed by atoms with van der Waals surface area (Å²) in [4.78, 5) is 11.3. The monoisotopic (exact) mass is 237 g/mol. The normalized spacial score (nSPS) is 11.1. The molecule has 3 aromatic rings. The second-order valence-electron chi connectivity index (χ2n) is 3.74. The van der Waals surface area contributed by atoms with E-state index >= 15 is 0 Å². The van der Waals surface area contributed by atoms with Gasteiger partial charge in [0.2, 0.25) is 0 Å². The molecule has 5 heteroatoms. The molecule has 2 N–H and O–H groups in total. The van der Waals surface area contributed by atoms with Crippen LogP contribution in [0, 0.1) is 0 Å². The SMILES string of the molecule is C(=N\Nc1ncnc2[nH]ccc12)/c1ccccc1. The van der Waals surface area contributed by atoms with Crippen LogP contribution in [0.1, 0.15) is 5.56 Å². The third kappa shape index (κ3) is 2.06.